The molecule has 2 heterocycles. The van der Waals surface area contributed by atoms with Crippen LogP contribution in [0.4, 0.5) is 10.8 Å². The van der Waals surface area contributed by atoms with Gasteiger partial charge in [0, 0.05) is 29.2 Å². The highest BCUT2D eigenvalue weighted by Gasteiger charge is 2.14. The lowest BCUT2D eigenvalue weighted by Crippen LogP contribution is -2.15. The number of amides is 2. The molecule has 1 aliphatic rings. The number of aryl methyl sites for hydroxylation is 2. The Balaban J connectivity index is 1.33. The smallest absolute Gasteiger partial charge is 0.257 e. The molecule has 7 nitrogen and oxygen atoms in total. The van der Waals surface area contributed by atoms with Gasteiger partial charge in [0.1, 0.15) is 0 Å². The Morgan fingerprint density at radius 3 is 2.76 bits per heavy atom. The first-order valence-electron chi connectivity index (χ1n) is 9.08. The van der Waals surface area contributed by atoms with E-state index in [1.54, 1.807) is 29.8 Å². The second-order valence-corrected chi connectivity index (χ2v) is 7.45. The standard InChI is InChI=1S/C21H19N3O4S/c1-13-10-15(20(26)24-21-22-8-9-29-21)4-5-16(13)23-19(25)7-3-14-2-6-17-18(11-14)28-12-27-17/h2,4-6,8-11H,3,7,12H2,1H3,(H,23,25)(H,22,24,26). The van der Waals surface area contributed by atoms with E-state index < -0.39 is 0 Å². The summed E-state index contributed by atoms with van der Waals surface area (Å²) >= 11 is 1.36. The van der Waals surface area contributed by atoms with Crippen molar-refractivity contribution in [1.82, 2.24) is 4.98 Å². The number of nitrogens with zero attached hydrogens (tertiary/aromatic N) is 1. The minimum absolute atomic E-state index is 0.0919. The summed E-state index contributed by atoms with van der Waals surface area (Å²) in [6.07, 6.45) is 2.56. The van der Waals surface area contributed by atoms with Crippen molar-refractivity contribution in [3.63, 3.8) is 0 Å². The molecule has 8 heteroatoms. The fourth-order valence-corrected chi connectivity index (χ4v) is 3.49. The number of anilines is 2. The maximum atomic E-state index is 12.3. The monoisotopic (exact) mass is 409 g/mol. The van der Waals surface area contributed by atoms with Crippen molar-refractivity contribution in [2.45, 2.75) is 19.8 Å². The molecule has 2 aromatic carbocycles. The van der Waals surface area contributed by atoms with Crippen LogP contribution in [0.25, 0.3) is 0 Å². The van der Waals surface area contributed by atoms with Crippen LogP contribution in [0.2, 0.25) is 0 Å². The highest BCUT2D eigenvalue weighted by atomic mass is 32.1. The average Bonchev–Trinajstić information content (AvgIpc) is 3.39. The van der Waals surface area contributed by atoms with E-state index in [1.165, 1.54) is 11.3 Å². The van der Waals surface area contributed by atoms with Gasteiger partial charge in [-0.1, -0.05) is 6.07 Å². The molecule has 1 aliphatic heterocycles. The van der Waals surface area contributed by atoms with E-state index in [1.807, 2.05) is 25.1 Å². The first-order valence-corrected chi connectivity index (χ1v) is 9.96. The third-order valence-electron chi connectivity index (χ3n) is 4.49. The molecule has 0 unspecified atom stereocenters. The van der Waals surface area contributed by atoms with Crippen LogP contribution in [0.5, 0.6) is 11.5 Å². The summed E-state index contributed by atoms with van der Waals surface area (Å²) in [5.74, 6) is 1.12. The Labute approximate surface area is 171 Å². The van der Waals surface area contributed by atoms with Gasteiger partial charge in [-0.2, -0.15) is 0 Å². The van der Waals surface area contributed by atoms with Crippen LogP contribution in [0, 0.1) is 6.92 Å². The number of hydrogen-bond acceptors (Lipinski definition) is 6. The molecule has 0 bridgehead atoms. The van der Waals surface area contributed by atoms with Crippen molar-refractivity contribution >= 4 is 34.0 Å². The Hall–Kier alpha value is -3.39. The van der Waals surface area contributed by atoms with Crippen molar-refractivity contribution in [2.75, 3.05) is 17.4 Å². The normalized spacial score (nSPS) is 11.9. The Morgan fingerprint density at radius 1 is 1.10 bits per heavy atom. The molecular weight excluding hydrogens is 390 g/mol. The van der Waals surface area contributed by atoms with E-state index in [0.717, 1.165) is 16.9 Å². The van der Waals surface area contributed by atoms with Crippen molar-refractivity contribution < 1.29 is 19.1 Å². The molecule has 4 rings (SSSR count). The number of carbonyl (C=O) groups is 2. The second kappa shape index (κ2) is 8.32. The lowest BCUT2D eigenvalue weighted by atomic mass is 10.1. The van der Waals surface area contributed by atoms with Gasteiger partial charge in [0.05, 0.1) is 0 Å². The van der Waals surface area contributed by atoms with Gasteiger partial charge in [0.15, 0.2) is 16.6 Å². The summed E-state index contributed by atoms with van der Waals surface area (Å²) in [6.45, 7) is 2.09. The van der Waals surface area contributed by atoms with Crippen LogP contribution in [0.3, 0.4) is 0 Å². The highest BCUT2D eigenvalue weighted by molar-refractivity contribution is 7.13. The molecule has 0 saturated carbocycles. The van der Waals surface area contributed by atoms with Gasteiger partial charge >= 0.3 is 0 Å². The molecule has 148 valence electrons. The van der Waals surface area contributed by atoms with E-state index in [-0.39, 0.29) is 18.6 Å². The van der Waals surface area contributed by atoms with Crippen LogP contribution in [0.15, 0.2) is 48.0 Å². The van der Waals surface area contributed by atoms with E-state index in [2.05, 4.69) is 15.6 Å². The third-order valence-corrected chi connectivity index (χ3v) is 5.18. The summed E-state index contributed by atoms with van der Waals surface area (Å²) in [7, 11) is 0. The summed E-state index contributed by atoms with van der Waals surface area (Å²) in [6, 6.07) is 10.9. The lowest BCUT2D eigenvalue weighted by Gasteiger charge is -2.10. The molecule has 3 aromatic rings. The van der Waals surface area contributed by atoms with Crippen LogP contribution in [0.1, 0.15) is 27.9 Å². The summed E-state index contributed by atoms with van der Waals surface area (Å²) in [5, 5.41) is 8.00. The van der Waals surface area contributed by atoms with Gasteiger partial charge in [-0.3, -0.25) is 14.9 Å². The second-order valence-electron chi connectivity index (χ2n) is 6.56. The molecule has 2 amide bonds. The number of rotatable bonds is 6. The highest BCUT2D eigenvalue weighted by Crippen LogP contribution is 2.32. The first kappa shape index (κ1) is 18.9. The van der Waals surface area contributed by atoms with Gasteiger partial charge in [0.25, 0.3) is 5.91 Å². The molecule has 0 saturated heterocycles. The van der Waals surface area contributed by atoms with Crippen molar-refractivity contribution in [3.05, 3.63) is 64.7 Å². The number of carbonyl (C=O) groups excluding carboxylic acids is 2. The van der Waals surface area contributed by atoms with E-state index in [4.69, 9.17) is 9.47 Å². The Morgan fingerprint density at radius 2 is 1.97 bits per heavy atom. The SMILES string of the molecule is Cc1cc(C(=O)Nc2nccs2)ccc1NC(=O)CCc1ccc2c(c1)OCO2. The fourth-order valence-electron chi connectivity index (χ4n) is 2.97. The van der Waals surface area contributed by atoms with Gasteiger partial charge in [-0.15, -0.1) is 11.3 Å². The number of ether oxygens (including phenoxy) is 2. The van der Waals surface area contributed by atoms with E-state index in [0.29, 0.717) is 35.0 Å². The molecule has 0 aliphatic carbocycles. The number of nitrogens with one attached hydrogen (secondary N) is 2. The van der Waals surface area contributed by atoms with Crippen LogP contribution >= 0.6 is 11.3 Å². The Bertz CT molecular complexity index is 1050. The number of aromatic nitrogens is 1. The van der Waals surface area contributed by atoms with E-state index in [9.17, 15) is 9.59 Å². The quantitative estimate of drug-likeness (QED) is 0.642. The van der Waals surface area contributed by atoms with Gasteiger partial charge in [-0.25, -0.2) is 4.98 Å². The largest absolute Gasteiger partial charge is 0.454 e. The number of fused-ring (bicyclic) bond motifs is 1. The average molecular weight is 409 g/mol. The maximum absolute atomic E-state index is 12.3. The molecule has 1 aromatic heterocycles. The zero-order valence-corrected chi connectivity index (χ0v) is 16.5. The molecule has 29 heavy (non-hydrogen) atoms. The Kier molecular flexibility index (Phi) is 5.44. The minimum Gasteiger partial charge on any atom is -0.454 e. The summed E-state index contributed by atoms with van der Waals surface area (Å²) in [4.78, 5) is 28.7. The van der Waals surface area contributed by atoms with Crippen molar-refractivity contribution in [2.24, 2.45) is 0 Å². The number of hydrogen-bond donors (Lipinski definition) is 2. The first-order chi connectivity index (χ1) is 14.1. The van der Waals surface area contributed by atoms with Crippen molar-refractivity contribution in [1.29, 1.82) is 0 Å². The zero-order chi connectivity index (χ0) is 20.2. The van der Waals surface area contributed by atoms with E-state index >= 15 is 0 Å². The van der Waals surface area contributed by atoms with Gasteiger partial charge in [0.2, 0.25) is 12.7 Å². The van der Waals surface area contributed by atoms with Crippen molar-refractivity contribution in [3.8, 4) is 11.5 Å². The van der Waals surface area contributed by atoms with Crippen LogP contribution < -0.4 is 20.1 Å². The summed E-state index contributed by atoms with van der Waals surface area (Å²) < 4.78 is 10.7. The predicted molar refractivity (Wildman–Crippen MR) is 111 cm³/mol. The zero-order valence-electron chi connectivity index (χ0n) is 15.7. The molecule has 0 radical (unpaired) electrons. The fraction of sp³-hybridized carbons (Fsp3) is 0.190. The molecule has 0 spiro atoms. The number of thiazole rings is 1. The molecular formula is C21H19N3O4S. The lowest BCUT2D eigenvalue weighted by molar-refractivity contribution is -0.116. The molecule has 0 fully saturated rings. The third kappa shape index (κ3) is 4.55. The number of benzene rings is 2. The maximum Gasteiger partial charge on any atom is 0.257 e. The minimum atomic E-state index is -0.233. The summed E-state index contributed by atoms with van der Waals surface area (Å²) in [5.41, 5.74) is 3.02. The van der Waals surface area contributed by atoms with Crippen LogP contribution in [-0.2, 0) is 11.2 Å². The molecule has 0 atom stereocenters. The van der Waals surface area contributed by atoms with Crippen LogP contribution in [-0.4, -0.2) is 23.6 Å². The molecule has 2 N–H and O–H groups in total. The van der Waals surface area contributed by atoms with Gasteiger partial charge < -0.3 is 14.8 Å². The topological polar surface area (TPSA) is 89.6 Å². The van der Waals surface area contributed by atoms with Gasteiger partial charge in [-0.05, 0) is 54.8 Å². The predicted octanol–water partition coefficient (Wildman–Crippen LogP) is 4.00.